The van der Waals surface area contributed by atoms with Gasteiger partial charge in [0.1, 0.15) is 0 Å². The first kappa shape index (κ1) is 8.03. The Hall–Kier alpha value is -1.07. The molecule has 0 spiro atoms. The van der Waals surface area contributed by atoms with E-state index in [1.165, 1.54) is 0 Å². The van der Waals surface area contributed by atoms with Crippen LogP contribution in [0.2, 0.25) is 0 Å². The highest BCUT2D eigenvalue weighted by atomic mass is 19.4. The molecule has 62 valence electrons. The van der Waals surface area contributed by atoms with Crippen molar-refractivity contribution in [2.24, 2.45) is 0 Å². The average Bonchev–Trinajstić information content (AvgIpc) is 2.34. The Morgan fingerprint density at radius 3 is 2.45 bits per heavy atom. The molecular formula is C5H4F4N2. The summed E-state index contributed by atoms with van der Waals surface area (Å²) in [5, 5.41) is 5.28. The number of hydrogen-bond acceptors (Lipinski definition) is 1. The van der Waals surface area contributed by atoms with Crippen LogP contribution < -0.4 is 0 Å². The van der Waals surface area contributed by atoms with E-state index in [4.69, 9.17) is 0 Å². The highest BCUT2D eigenvalue weighted by molar-refractivity contribution is 5.08. The summed E-state index contributed by atoms with van der Waals surface area (Å²) in [4.78, 5) is 0. The van der Waals surface area contributed by atoms with Crippen molar-refractivity contribution in [3.05, 3.63) is 18.0 Å². The van der Waals surface area contributed by atoms with Gasteiger partial charge in [-0.2, -0.15) is 18.3 Å². The second-order valence-electron chi connectivity index (χ2n) is 1.94. The molecule has 2 nitrogen and oxygen atoms in total. The summed E-state index contributed by atoms with van der Waals surface area (Å²) in [6, 6.07) is 0. The van der Waals surface area contributed by atoms with Crippen molar-refractivity contribution >= 4 is 0 Å². The van der Waals surface area contributed by atoms with Gasteiger partial charge >= 0.3 is 6.18 Å². The van der Waals surface area contributed by atoms with Gasteiger partial charge in [0.2, 0.25) is 6.17 Å². The number of H-pyrrole nitrogens is 1. The summed E-state index contributed by atoms with van der Waals surface area (Å²) in [5.74, 6) is 0. The summed E-state index contributed by atoms with van der Waals surface area (Å²) >= 11 is 0. The van der Waals surface area contributed by atoms with Crippen molar-refractivity contribution in [2.45, 2.75) is 12.3 Å². The van der Waals surface area contributed by atoms with Gasteiger partial charge < -0.3 is 0 Å². The fourth-order valence-corrected chi connectivity index (χ4v) is 0.588. The lowest BCUT2D eigenvalue weighted by Crippen LogP contribution is -2.15. The molecule has 0 radical (unpaired) electrons. The van der Waals surface area contributed by atoms with Crippen molar-refractivity contribution in [3.8, 4) is 0 Å². The first-order chi connectivity index (χ1) is 5.02. The zero-order valence-electron chi connectivity index (χ0n) is 5.19. The van der Waals surface area contributed by atoms with Gasteiger partial charge in [-0.1, -0.05) is 0 Å². The lowest BCUT2D eigenvalue weighted by molar-refractivity contribution is -0.182. The molecule has 0 bridgehead atoms. The van der Waals surface area contributed by atoms with E-state index in [-0.39, 0.29) is 0 Å². The summed E-state index contributed by atoms with van der Waals surface area (Å²) in [6.45, 7) is 0. The van der Waals surface area contributed by atoms with Crippen molar-refractivity contribution in [1.29, 1.82) is 0 Å². The van der Waals surface area contributed by atoms with Crippen molar-refractivity contribution in [3.63, 3.8) is 0 Å². The summed E-state index contributed by atoms with van der Waals surface area (Å²) < 4.78 is 47.1. The summed E-state index contributed by atoms with van der Waals surface area (Å²) in [6.07, 6.45) is -6.11. The summed E-state index contributed by atoms with van der Waals surface area (Å²) in [7, 11) is 0. The maximum absolute atomic E-state index is 12.3. The first-order valence-electron chi connectivity index (χ1n) is 2.71. The molecule has 1 aromatic rings. The molecule has 0 saturated carbocycles. The molecule has 0 fully saturated rings. The Bertz CT molecular complexity index is 215. The molecule has 0 aliphatic carbocycles. The van der Waals surface area contributed by atoms with Gasteiger partial charge in [0.25, 0.3) is 0 Å². The topological polar surface area (TPSA) is 28.7 Å². The van der Waals surface area contributed by atoms with E-state index < -0.39 is 17.9 Å². The van der Waals surface area contributed by atoms with Crippen LogP contribution in [0, 0.1) is 0 Å². The molecule has 1 rings (SSSR count). The van der Waals surface area contributed by atoms with E-state index in [9.17, 15) is 17.6 Å². The molecule has 0 aromatic carbocycles. The molecular weight excluding hydrogens is 164 g/mol. The van der Waals surface area contributed by atoms with Crippen LogP contribution in [-0.4, -0.2) is 16.4 Å². The minimum Gasteiger partial charge on any atom is -0.285 e. The third-order valence-electron chi connectivity index (χ3n) is 1.10. The summed E-state index contributed by atoms with van der Waals surface area (Å²) in [5.41, 5.74) is -0.502. The maximum atomic E-state index is 12.3. The van der Waals surface area contributed by atoms with E-state index in [1.54, 1.807) is 0 Å². The highest BCUT2D eigenvalue weighted by Crippen LogP contribution is 2.34. The smallest absolute Gasteiger partial charge is 0.285 e. The molecule has 6 heteroatoms. The maximum Gasteiger partial charge on any atom is 0.424 e. The molecule has 1 unspecified atom stereocenters. The largest absolute Gasteiger partial charge is 0.424 e. The van der Waals surface area contributed by atoms with Gasteiger partial charge in [0, 0.05) is 11.8 Å². The van der Waals surface area contributed by atoms with E-state index in [0.29, 0.717) is 0 Å². The zero-order valence-corrected chi connectivity index (χ0v) is 5.19. The molecule has 1 aromatic heterocycles. The van der Waals surface area contributed by atoms with E-state index in [1.807, 2.05) is 0 Å². The third-order valence-corrected chi connectivity index (χ3v) is 1.10. The van der Waals surface area contributed by atoms with Crippen LogP contribution in [0.15, 0.2) is 12.4 Å². The lowest BCUT2D eigenvalue weighted by atomic mass is 10.2. The van der Waals surface area contributed by atoms with Crippen LogP contribution in [0.5, 0.6) is 0 Å². The second kappa shape index (κ2) is 2.52. The Morgan fingerprint density at radius 1 is 1.45 bits per heavy atom. The van der Waals surface area contributed by atoms with Crippen LogP contribution in [0.3, 0.4) is 0 Å². The molecule has 1 N–H and O–H groups in total. The quantitative estimate of drug-likeness (QED) is 0.638. The zero-order chi connectivity index (χ0) is 8.48. The van der Waals surface area contributed by atoms with E-state index in [0.717, 1.165) is 12.4 Å². The van der Waals surface area contributed by atoms with Gasteiger partial charge in [-0.05, 0) is 0 Å². The van der Waals surface area contributed by atoms with Crippen LogP contribution >= 0.6 is 0 Å². The first-order valence-corrected chi connectivity index (χ1v) is 2.71. The molecule has 0 aliphatic rings. The number of nitrogens with one attached hydrogen (secondary N) is 1. The Morgan fingerprint density at radius 2 is 2.09 bits per heavy atom. The third kappa shape index (κ3) is 1.69. The second-order valence-corrected chi connectivity index (χ2v) is 1.94. The molecule has 1 heterocycles. The highest BCUT2D eigenvalue weighted by Gasteiger charge is 2.41. The van der Waals surface area contributed by atoms with Crippen LogP contribution in [0.1, 0.15) is 11.7 Å². The van der Waals surface area contributed by atoms with Crippen LogP contribution in [-0.2, 0) is 0 Å². The predicted octanol–water partition coefficient (Wildman–Crippen LogP) is 1.98. The predicted molar refractivity (Wildman–Crippen MR) is 28.5 cm³/mol. The average molecular weight is 168 g/mol. The van der Waals surface area contributed by atoms with Crippen molar-refractivity contribution in [2.75, 3.05) is 0 Å². The molecule has 0 saturated heterocycles. The van der Waals surface area contributed by atoms with Gasteiger partial charge in [0.15, 0.2) is 0 Å². The Balaban J connectivity index is 2.78. The Labute approximate surface area is 59.2 Å². The normalized spacial score (nSPS) is 14.9. The Kier molecular flexibility index (Phi) is 1.84. The van der Waals surface area contributed by atoms with Gasteiger partial charge in [0.05, 0.1) is 6.20 Å². The lowest BCUT2D eigenvalue weighted by Gasteiger charge is -2.08. The molecule has 11 heavy (non-hydrogen) atoms. The van der Waals surface area contributed by atoms with Crippen LogP contribution in [0.4, 0.5) is 17.6 Å². The van der Waals surface area contributed by atoms with E-state index >= 15 is 0 Å². The standard InChI is InChI=1S/C5H4F4N2/c6-4(5(7,8)9)3-1-10-11-2-3/h1-2,4H,(H,10,11). The van der Waals surface area contributed by atoms with Crippen LogP contribution in [0.25, 0.3) is 0 Å². The molecule has 0 aliphatic heterocycles. The number of hydrogen-bond donors (Lipinski definition) is 1. The fraction of sp³-hybridized carbons (Fsp3) is 0.400. The monoisotopic (exact) mass is 168 g/mol. The number of alkyl halides is 4. The molecule has 1 atom stereocenters. The minimum atomic E-state index is -4.84. The number of aromatic amines is 1. The van der Waals surface area contributed by atoms with Gasteiger partial charge in [-0.25, -0.2) is 4.39 Å². The number of rotatable bonds is 1. The number of halogens is 4. The van der Waals surface area contributed by atoms with Gasteiger partial charge in [-0.3, -0.25) is 5.10 Å². The van der Waals surface area contributed by atoms with Crippen molar-refractivity contribution in [1.82, 2.24) is 10.2 Å². The van der Waals surface area contributed by atoms with E-state index in [2.05, 4.69) is 10.2 Å². The van der Waals surface area contributed by atoms with Crippen molar-refractivity contribution < 1.29 is 17.6 Å². The van der Waals surface area contributed by atoms with Gasteiger partial charge in [-0.15, -0.1) is 0 Å². The SMILES string of the molecule is FC(c1cn[nH]c1)C(F)(F)F. The molecule has 0 amide bonds. The number of nitrogens with zero attached hydrogens (tertiary/aromatic N) is 1. The number of aromatic nitrogens is 2. The fourth-order valence-electron chi connectivity index (χ4n) is 0.588. The minimum absolute atomic E-state index is 0.502.